The number of hydrogen-bond donors (Lipinski definition) is 0. The Labute approximate surface area is 336 Å². The minimum atomic E-state index is -4.17. The Hall–Kier alpha value is -5.08. The number of likely N-dealkylation sites (N-methyl/N-ethyl adjacent to an activating group) is 1. The highest BCUT2D eigenvalue weighted by atomic mass is 32.2. The van der Waals surface area contributed by atoms with Crippen molar-refractivity contribution in [3.63, 3.8) is 0 Å². The van der Waals surface area contributed by atoms with Gasteiger partial charge in [-0.1, -0.05) is 90.1 Å². The van der Waals surface area contributed by atoms with Gasteiger partial charge >= 0.3 is 16.3 Å². The fourth-order valence-corrected chi connectivity index (χ4v) is 8.37. The first-order valence-corrected chi connectivity index (χ1v) is 20.9. The number of esters is 1. The molecule has 0 N–H and O–H groups in total. The second kappa shape index (κ2) is 19.4. The summed E-state index contributed by atoms with van der Waals surface area (Å²) in [5, 5.41) is 9.11. The minimum absolute atomic E-state index is 0.0438. The molecule has 0 bridgehead atoms. The average molecular weight is 796 g/mol. The quantitative estimate of drug-likeness (QED) is 0.0618. The van der Waals surface area contributed by atoms with Crippen LogP contribution in [-0.4, -0.2) is 78.5 Å². The molecule has 0 fully saturated rings. The van der Waals surface area contributed by atoms with Gasteiger partial charge in [0.25, 0.3) is 5.95 Å². The number of rotatable bonds is 19. The Balaban J connectivity index is 1.16. The number of hydrogen-bond acceptors (Lipinski definition) is 10. The lowest BCUT2D eigenvalue weighted by Gasteiger charge is -2.31. The van der Waals surface area contributed by atoms with Gasteiger partial charge in [-0.3, -0.25) is 4.79 Å². The van der Waals surface area contributed by atoms with Crippen molar-refractivity contribution in [3.8, 4) is 0 Å². The minimum Gasteiger partial charge on any atom is -0.466 e. The standard InChI is InChI=1S/C44H53N5O7S/c1-6-54-42(50)29-40(37-19-18-32(2)39(28-37)34(4)49-25-22-43(56-57(49,51)52)55-31-36-16-11-8-12-17-36)38-20-21-41-44(33(38)3)45-46-48(41)24-13-23-47(5)26-27-53-30-35-14-9-7-10-15-35/h7-12,14-22,28,34,40H,6,13,23-27,29-31H2,1-5H3/t34-,40?/m1/s1. The molecule has 2 atom stereocenters. The van der Waals surface area contributed by atoms with Crippen LogP contribution in [0, 0.1) is 13.8 Å². The summed E-state index contributed by atoms with van der Waals surface area (Å²) < 4.78 is 52.5. The third-order valence-corrected chi connectivity index (χ3v) is 11.8. The van der Waals surface area contributed by atoms with Crippen LogP contribution in [0.3, 0.4) is 0 Å². The van der Waals surface area contributed by atoms with E-state index in [-0.39, 0.29) is 44.0 Å². The molecular weight excluding hydrogens is 743 g/mol. The van der Waals surface area contributed by atoms with Gasteiger partial charge in [-0.25, -0.2) is 4.68 Å². The number of nitrogens with zero attached hydrogens (tertiary/aromatic N) is 5. The fraction of sp³-hybridized carbons (Fsp3) is 0.386. The van der Waals surface area contributed by atoms with E-state index in [4.69, 9.17) is 18.4 Å². The van der Waals surface area contributed by atoms with E-state index in [1.165, 1.54) is 9.87 Å². The van der Waals surface area contributed by atoms with Crippen LogP contribution in [-0.2, 0) is 53.3 Å². The molecule has 302 valence electrons. The SMILES string of the molecule is CCOC(=O)CC(c1ccc(C)c([C@@H](C)N2CC=C(OCc3ccccc3)OS2(=O)=O)c1)c1ccc2c(nnn2CCCN(C)CCOCc2ccccc2)c1C. The highest BCUT2D eigenvalue weighted by Crippen LogP contribution is 2.37. The Bertz CT molecular complexity index is 2250. The molecule has 1 aliphatic heterocycles. The molecule has 0 amide bonds. The van der Waals surface area contributed by atoms with Crippen molar-refractivity contribution in [1.29, 1.82) is 0 Å². The molecule has 13 heteroatoms. The molecule has 1 aromatic heterocycles. The highest BCUT2D eigenvalue weighted by molar-refractivity contribution is 7.84. The third-order valence-electron chi connectivity index (χ3n) is 10.4. The molecule has 6 rings (SSSR count). The summed E-state index contributed by atoms with van der Waals surface area (Å²) in [6.45, 7) is 11.8. The maximum atomic E-state index is 13.5. The van der Waals surface area contributed by atoms with E-state index in [1.807, 2.05) is 104 Å². The second-order valence-electron chi connectivity index (χ2n) is 14.4. The van der Waals surface area contributed by atoms with Gasteiger partial charge in [-0.05, 0) is 92.7 Å². The van der Waals surface area contributed by atoms with Crippen molar-refractivity contribution in [1.82, 2.24) is 24.2 Å². The van der Waals surface area contributed by atoms with Gasteiger partial charge in [-0.2, -0.15) is 12.7 Å². The van der Waals surface area contributed by atoms with Crippen molar-refractivity contribution in [2.45, 2.75) is 72.3 Å². The average Bonchev–Trinajstić information content (AvgIpc) is 3.62. The Morgan fingerprint density at radius 1 is 0.930 bits per heavy atom. The van der Waals surface area contributed by atoms with Crippen molar-refractivity contribution in [3.05, 3.63) is 142 Å². The Kier molecular flexibility index (Phi) is 14.1. The van der Waals surface area contributed by atoms with E-state index < -0.39 is 16.3 Å². The molecule has 0 saturated heterocycles. The van der Waals surface area contributed by atoms with Gasteiger partial charge in [0.05, 0.1) is 37.8 Å². The number of benzene rings is 4. The number of ether oxygens (including phenoxy) is 3. The predicted octanol–water partition coefficient (Wildman–Crippen LogP) is 7.37. The second-order valence-corrected chi connectivity index (χ2v) is 15.9. The van der Waals surface area contributed by atoms with Crippen LogP contribution >= 0.6 is 0 Å². The lowest BCUT2D eigenvalue weighted by Crippen LogP contribution is -2.38. The van der Waals surface area contributed by atoms with Crippen LogP contribution in [0.5, 0.6) is 0 Å². The maximum Gasteiger partial charge on any atom is 0.388 e. The number of carbonyl (C=O) groups excluding carboxylic acids is 1. The van der Waals surface area contributed by atoms with Gasteiger partial charge < -0.3 is 23.3 Å². The topological polar surface area (TPSA) is 125 Å². The molecule has 0 radical (unpaired) electrons. The summed E-state index contributed by atoms with van der Waals surface area (Å²) in [5.41, 5.74) is 8.19. The molecule has 0 saturated carbocycles. The van der Waals surface area contributed by atoms with E-state index in [0.29, 0.717) is 19.8 Å². The van der Waals surface area contributed by atoms with Crippen LogP contribution in [0.2, 0.25) is 0 Å². The highest BCUT2D eigenvalue weighted by Gasteiger charge is 2.35. The lowest BCUT2D eigenvalue weighted by molar-refractivity contribution is -0.143. The number of aromatic nitrogens is 3. The number of fused-ring (bicyclic) bond motifs is 1. The van der Waals surface area contributed by atoms with Gasteiger partial charge in [0.15, 0.2) is 0 Å². The van der Waals surface area contributed by atoms with E-state index in [9.17, 15) is 13.2 Å². The summed E-state index contributed by atoms with van der Waals surface area (Å²) in [6, 6.07) is 29.1. The van der Waals surface area contributed by atoms with E-state index >= 15 is 0 Å². The molecule has 4 aromatic carbocycles. The van der Waals surface area contributed by atoms with E-state index in [0.717, 1.165) is 63.9 Å². The third kappa shape index (κ3) is 10.7. The zero-order chi connectivity index (χ0) is 40.4. The molecule has 2 heterocycles. The molecular formula is C44H53N5O7S. The molecule has 1 aliphatic rings. The summed E-state index contributed by atoms with van der Waals surface area (Å²) in [6.07, 6.45) is 2.62. The van der Waals surface area contributed by atoms with Crippen LogP contribution in [0.15, 0.2) is 103 Å². The van der Waals surface area contributed by atoms with Gasteiger partial charge in [0.2, 0.25) is 0 Å². The largest absolute Gasteiger partial charge is 0.466 e. The van der Waals surface area contributed by atoms with Gasteiger partial charge in [-0.15, -0.1) is 5.10 Å². The van der Waals surface area contributed by atoms with Crippen LogP contribution in [0.25, 0.3) is 11.0 Å². The monoisotopic (exact) mass is 795 g/mol. The van der Waals surface area contributed by atoms with Crippen LogP contribution in [0.1, 0.15) is 77.6 Å². The van der Waals surface area contributed by atoms with Crippen molar-refractivity contribution >= 4 is 27.3 Å². The summed E-state index contributed by atoms with van der Waals surface area (Å²) in [5.74, 6) is -0.747. The lowest BCUT2D eigenvalue weighted by atomic mass is 9.83. The van der Waals surface area contributed by atoms with Gasteiger partial charge in [0.1, 0.15) is 12.1 Å². The Morgan fingerprint density at radius 3 is 2.35 bits per heavy atom. The molecule has 0 aliphatic carbocycles. The molecule has 5 aromatic rings. The molecule has 57 heavy (non-hydrogen) atoms. The first-order chi connectivity index (χ1) is 27.5. The van der Waals surface area contributed by atoms with Crippen LogP contribution < -0.4 is 0 Å². The van der Waals surface area contributed by atoms with Gasteiger partial charge in [0, 0.05) is 31.6 Å². The van der Waals surface area contributed by atoms with Crippen molar-refractivity contribution in [2.75, 3.05) is 39.9 Å². The normalized spacial score (nSPS) is 15.2. The van der Waals surface area contributed by atoms with E-state index in [1.54, 1.807) is 13.0 Å². The zero-order valence-corrected chi connectivity index (χ0v) is 34.3. The molecule has 12 nitrogen and oxygen atoms in total. The Morgan fingerprint density at radius 2 is 1.65 bits per heavy atom. The van der Waals surface area contributed by atoms with E-state index in [2.05, 4.69) is 34.4 Å². The van der Waals surface area contributed by atoms with Crippen molar-refractivity contribution < 1.29 is 31.6 Å². The molecule has 1 unspecified atom stereocenters. The maximum absolute atomic E-state index is 13.5. The first-order valence-electron chi connectivity index (χ1n) is 19.5. The molecule has 0 spiro atoms. The summed E-state index contributed by atoms with van der Waals surface area (Å²) in [4.78, 5) is 15.4. The number of carbonyl (C=O) groups is 1. The fourth-order valence-electron chi connectivity index (χ4n) is 7.19. The number of aryl methyl sites for hydroxylation is 3. The summed E-state index contributed by atoms with van der Waals surface area (Å²) >= 11 is 0. The first kappa shape index (κ1) is 41.6. The zero-order valence-electron chi connectivity index (χ0n) is 33.5. The van der Waals surface area contributed by atoms with Crippen LogP contribution in [0.4, 0.5) is 0 Å². The van der Waals surface area contributed by atoms with Crippen molar-refractivity contribution in [2.24, 2.45) is 0 Å². The predicted molar refractivity (Wildman–Crippen MR) is 219 cm³/mol. The smallest absolute Gasteiger partial charge is 0.388 e. The summed E-state index contributed by atoms with van der Waals surface area (Å²) in [7, 11) is -2.07.